The van der Waals surface area contributed by atoms with Crippen LogP contribution in [-0.2, 0) is 0 Å². The molecule has 0 unspecified atom stereocenters. The molecule has 0 aliphatic heterocycles. The van der Waals surface area contributed by atoms with Gasteiger partial charge in [-0.15, -0.1) is 11.3 Å². The molecule has 0 radical (unpaired) electrons. The molecule has 2 aromatic rings. The Morgan fingerprint density at radius 2 is 2.00 bits per heavy atom. The van der Waals surface area contributed by atoms with Crippen molar-refractivity contribution in [3.8, 4) is 10.6 Å². The SMILES string of the molecule is Cc1cc(-c2cc(Br)cs2)nc(C)n1. The molecule has 0 aromatic carbocycles. The maximum Gasteiger partial charge on any atom is 0.126 e. The van der Waals surface area contributed by atoms with Crippen molar-refractivity contribution in [3.05, 3.63) is 33.5 Å². The van der Waals surface area contributed by atoms with Crippen molar-refractivity contribution in [1.29, 1.82) is 0 Å². The molecule has 0 atom stereocenters. The molecule has 0 amide bonds. The molecule has 4 heteroatoms. The number of nitrogens with zero attached hydrogens (tertiary/aromatic N) is 2. The van der Waals surface area contributed by atoms with E-state index in [0.29, 0.717) is 0 Å². The molecule has 2 heterocycles. The van der Waals surface area contributed by atoms with Gasteiger partial charge >= 0.3 is 0 Å². The van der Waals surface area contributed by atoms with Crippen molar-refractivity contribution in [2.24, 2.45) is 0 Å². The van der Waals surface area contributed by atoms with Crippen LogP contribution in [0.25, 0.3) is 10.6 Å². The Morgan fingerprint density at radius 3 is 2.57 bits per heavy atom. The van der Waals surface area contributed by atoms with Gasteiger partial charge in [0.2, 0.25) is 0 Å². The Hall–Kier alpha value is -0.740. The van der Waals surface area contributed by atoms with E-state index in [2.05, 4.69) is 37.3 Å². The number of aromatic nitrogens is 2. The van der Waals surface area contributed by atoms with Gasteiger partial charge in [0.25, 0.3) is 0 Å². The van der Waals surface area contributed by atoms with Gasteiger partial charge in [-0.3, -0.25) is 0 Å². The summed E-state index contributed by atoms with van der Waals surface area (Å²) in [7, 11) is 0. The highest BCUT2D eigenvalue weighted by molar-refractivity contribution is 9.10. The lowest BCUT2D eigenvalue weighted by Crippen LogP contribution is -1.92. The first-order valence-corrected chi connectivity index (χ1v) is 5.89. The van der Waals surface area contributed by atoms with Crippen molar-refractivity contribution < 1.29 is 0 Å². The highest BCUT2D eigenvalue weighted by atomic mass is 79.9. The first-order valence-electron chi connectivity index (χ1n) is 4.22. The van der Waals surface area contributed by atoms with E-state index in [-0.39, 0.29) is 0 Å². The summed E-state index contributed by atoms with van der Waals surface area (Å²) in [6, 6.07) is 4.08. The van der Waals surface area contributed by atoms with Gasteiger partial charge in [0.05, 0.1) is 10.6 Å². The summed E-state index contributed by atoms with van der Waals surface area (Å²) >= 11 is 5.12. The quantitative estimate of drug-likeness (QED) is 0.790. The second-order valence-electron chi connectivity index (χ2n) is 3.07. The smallest absolute Gasteiger partial charge is 0.126 e. The molecule has 72 valence electrons. The largest absolute Gasteiger partial charge is 0.239 e. The predicted molar refractivity (Wildman–Crippen MR) is 62.5 cm³/mol. The van der Waals surface area contributed by atoms with Crippen LogP contribution in [0.4, 0.5) is 0 Å². The second kappa shape index (κ2) is 3.79. The van der Waals surface area contributed by atoms with Crippen LogP contribution in [0.3, 0.4) is 0 Å². The van der Waals surface area contributed by atoms with Crippen LogP contribution < -0.4 is 0 Å². The fourth-order valence-electron chi connectivity index (χ4n) is 1.29. The molecule has 0 bridgehead atoms. The fraction of sp³-hybridized carbons (Fsp3) is 0.200. The Bertz CT molecular complexity index is 445. The molecule has 2 nitrogen and oxygen atoms in total. The highest BCUT2D eigenvalue weighted by Gasteiger charge is 2.04. The van der Waals surface area contributed by atoms with Gasteiger partial charge in [-0.25, -0.2) is 9.97 Å². The summed E-state index contributed by atoms with van der Waals surface area (Å²) in [4.78, 5) is 9.82. The van der Waals surface area contributed by atoms with Gasteiger partial charge in [0, 0.05) is 15.5 Å². The van der Waals surface area contributed by atoms with Gasteiger partial charge < -0.3 is 0 Å². The van der Waals surface area contributed by atoms with Gasteiger partial charge in [-0.2, -0.15) is 0 Å². The maximum absolute atomic E-state index is 4.40. The number of hydrogen-bond acceptors (Lipinski definition) is 3. The summed E-state index contributed by atoms with van der Waals surface area (Å²) in [5, 5.41) is 2.06. The summed E-state index contributed by atoms with van der Waals surface area (Å²) < 4.78 is 1.10. The summed E-state index contributed by atoms with van der Waals surface area (Å²) in [5.41, 5.74) is 2.02. The molecule has 14 heavy (non-hydrogen) atoms. The Balaban J connectivity index is 2.51. The van der Waals surface area contributed by atoms with Crippen LogP contribution in [0, 0.1) is 13.8 Å². The zero-order valence-corrected chi connectivity index (χ0v) is 10.3. The molecule has 2 aromatic heterocycles. The zero-order chi connectivity index (χ0) is 10.1. The minimum Gasteiger partial charge on any atom is -0.239 e. The van der Waals surface area contributed by atoms with E-state index in [9.17, 15) is 0 Å². The summed E-state index contributed by atoms with van der Waals surface area (Å²) in [5.74, 6) is 0.824. The predicted octanol–water partition coefficient (Wildman–Crippen LogP) is 3.58. The second-order valence-corrected chi connectivity index (χ2v) is 4.90. The van der Waals surface area contributed by atoms with E-state index in [1.807, 2.05) is 19.9 Å². The Morgan fingerprint density at radius 1 is 1.21 bits per heavy atom. The average Bonchev–Trinajstić information content (AvgIpc) is 2.50. The van der Waals surface area contributed by atoms with Crippen molar-refractivity contribution in [3.63, 3.8) is 0 Å². The lowest BCUT2D eigenvalue weighted by Gasteiger charge is -1.99. The first kappa shape index (κ1) is 9.80. The third-order valence-corrected chi connectivity index (χ3v) is 3.50. The number of hydrogen-bond donors (Lipinski definition) is 0. The molecule has 0 aliphatic rings. The Labute approximate surface area is 95.2 Å². The molecule has 2 rings (SSSR count). The van der Waals surface area contributed by atoms with Crippen LogP contribution in [-0.4, -0.2) is 9.97 Å². The first-order chi connectivity index (χ1) is 6.65. The van der Waals surface area contributed by atoms with Crippen molar-refractivity contribution >= 4 is 27.3 Å². The van der Waals surface area contributed by atoms with E-state index < -0.39 is 0 Å². The molecular formula is C10H9BrN2S. The van der Waals surface area contributed by atoms with Crippen molar-refractivity contribution in [2.45, 2.75) is 13.8 Å². The molecule has 0 N–H and O–H groups in total. The normalized spacial score (nSPS) is 10.5. The number of rotatable bonds is 1. The minimum atomic E-state index is 0.824. The van der Waals surface area contributed by atoms with Crippen LogP contribution in [0.1, 0.15) is 11.5 Å². The van der Waals surface area contributed by atoms with E-state index >= 15 is 0 Å². The van der Waals surface area contributed by atoms with E-state index in [4.69, 9.17) is 0 Å². The number of aryl methyl sites for hydroxylation is 2. The lowest BCUT2D eigenvalue weighted by molar-refractivity contribution is 1.02. The van der Waals surface area contributed by atoms with E-state index in [1.165, 1.54) is 4.88 Å². The maximum atomic E-state index is 4.40. The summed E-state index contributed by atoms with van der Waals surface area (Å²) in [6.07, 6.45) is 0. The highest BCUT2D eigenvalue weighted by Crippen LogP contribution is 2.28. The average molecular weight is 269 g/mol. The van der Waals surface area contributed by atoms with Crippen molar-refractivity contribution in [1.82, 2.24) is 9.97 Å². The van der Waals surface area contributed by atoms with Gasteiger partial charge in [-0.1, -0.05) is 0 Å². The third-order valence-electron chi connectivity index (χ3n) is 1.79. The molecule has 0 fully saturated rings. The lowest BCUT2D eigenvalue weighted by atomic mass is 10.3. The topological polar surface area (TPSA) is 25.8 Å². The van der Waals surface area contributed by atoms with Crippen LogP contribution in [0.5, 0.6) is 0 Å². The molecule has 0 aliphatic carbocycles. The van der Waals surface area contributed by atoms with E-state index in [1.54, 1.807) is 11.3 Å². The molecule has 0 saturated carbocycles. The minimum absolute atomic E-state index is 0.824. The third kappa shape index (κ3) is 2.01. The van der Waals surface area contributed by atoms with Gasteiger partial charge in [0.15, 0.2) is 0 Å². The van der Waals surface area contributed by atoms with Gasteiger partial charge in [0.1, 0.15) is 5.82 Å². The molecule has 0 spiro atoms. The van der Waals surface area contributed by atoms with Crippen LogP contribution in [0.2, 0.25) is 0 Å². The number of thiophene rings is 1. The monoisotopic (exact) mass is 268 g/mol. The Kier molecular flexibility index (Phi) is 2.65. The number of halogens is 1. The standard InChI is InChI=1S/C10H9BrN2S/c1-6-3-9(13-7(2)12-6)10-4-8(11)5-14-10/h3-5H,1-2H3. The van der Waals surface area contributed by atoms with Crippen molar-refractivity contribution in [2.75, 3.05) is 0 Å². The molecular weight excluding hydrogens is 260 g/mol. The zero-order valence-electron chi connectivity index (χ0n) is 7.91. The van der Waals surface area contributed by atoms with Crippen LogP contribution in [0.15, 0.2) is 22.0 Å². The fourth-order valence-corrected chi connectivity index (χ4v) is 2.68. The van der Waals surface area contributed by atoms with E-state index in [0.717, 1.165) is 21.7 Å². The summed E-state index contributed by atoms with van der Waals surface area (Å²) in [6.45, 7) is 3.90. The molecule has 0 saturated heterocycles. The van der Waals surface area contributed by atoms with Crippen LogP contribution >= 0.6 is 27.3 Å². The van der Waals surface area contributed by atoms with Gasteiger partial charge in [-0.05, 0) is 41.9 Å².